The van der Waals surface area contributed by atoms with Gasteiger partial charge in [0, 0.05) is 25.5 Å². The Balaban J connectivity index is 1.63. The Labute approximate surface area is 148 Å². The Morgan fingerprint density at radius 2 is 2.13 bits per heavy atom. The molecule has 0 aliphatic rings. The SMILES string of the molecule is CCCNC(=O)CSc1nnc(SCCCc2cnn(C)c2)s1. The average molecular weight is 372 g/mol. The molecule has 2 aromatic rings. The van der Waals surface area contributed by atoms with Gasteiger partial charge in [-0.25, -0.2) is 0 Å². The molecular weight excluding hydrogens is 350 g/mol. The number of rotatable bonds is 10. The Hall–Kier alpha value is -1.06. The van der Waals surface area contributed by atoms with Crippen molar-refractivity contribution in [2.24, 2.45) is 7.05 Å². The number of carbonyl (C=O) groups excluding carboxylic acids is 1. The number of thioether (sulfide) groups is 2. The monoisotopic (exact) mass is 371 g/mol. The van der Waals surface area contributed by atoms with Gasteiger partial charge in [-0.05, 0) is 24.8 Å². The third-order valence-corrected chi connectivity index (χ3v) is 6.16. The summed E-state index contributed by atoms with van der Waals surface area (Å²) in [6.07, 6.45) is 7.02. The molecule has 1 N–H and O–H groups in total. The van der Waals surface area contributed by atoms with E-state index in [1.807, 2.05) is 31.0 Å². The van der Waals surface area contributed by atoms with Gasteiger partial charge in [-0.15, -0.1) is 10.2 Å². The predicted octanol–water partition coefficient (Wildman–Crippen LogP) is 2.61. The zero-order chi connectivity index (χ0) is 16.5. The van der Waals surface area contributed by atoms with Gasteiger partial charge < -0.3 is 5.32 Å². The van der Waals surface area contributed by atoms with Crippen molar-refractivity contribution in [1.29, 1.82) is 0 Å². The third-order valence-electron chi connectivity index (χ3n) is 2.88. The van der Waals surface area contributed by atoms with E-state index in [0.717, 1.165) is 40.2 Å². The molecule has 0 saturated carbocycles. The van der Waals surface area contributed by atoms with E-state index in [4.69, 9.17) is 0 Å². The van der Waals surface area contributed by atoms with E-state index in [1.165, 1.54) is 17.3 Å². The van der Waals surface area contributed by atoms with Gasteiger partial charge in [0.2, 0.25) is 5.91 Å². The largest absolute Gasteiger partial charge is 0.355 e. The van der Waals surface area contributed by atoms with Crippen LogP contribution in [0.1, 0.15) is 25.3 Å². The average Bonchev–Trinajstić information content (AvgIpc) is 3.16. The van der Waals surface area contributed by atoms with Crippen molar-refractivity contribution in [3.05, 3.63) is 18.0 Å². The first kappa shape index (κ1) is 18.3. The summed E-state index contributed by atoms with van der Waals surface area (Å²) in [5.41, 5.74) is 1.26. The number of hydrogen-bond acceptors (Lipinski definition) is 7. The van der Waals surface area contributed by atoms with Crippen molar-refractivity contribution in [2.75, 3.05) is 18.1 Å². The van der Waals surface area contributed by atoms with Crippen LogP contribution in [0.2, 0.25) is 0 Å². The van der Waals surface area contributed by atoms with Crippen LogP contribution in [0.25, 0.3) is 0 Å². The van der Waals surface area contributed by atoms with Crippen LogP contribution in [0.4, 0.5) is 0 Å². The summed E-state index contributed by atoms with van der Waals surface area (Å²) in [5, 5.41) is 15.3. The van der Waals surface area contributed by atoms with Crippen molar-refractivity contribution >= 4 is 40.8 Å². The standard InChI is InChI=1S/C14H21N5OS3/c1-3-6-15-12(20)10-22-14-18-17-13(23-14)21-7-4-5-11-8-16-19(2)9-11/h8-9H,3-7,10H2,1-2H3,(H,15,20). The highest BCUT2D eigenvalue weighted by atomic mass is 32.2. The van der Waals surface area contributed by atoms with Crippen LogP contribution in [0.3, 0.4) is 0 Å². The van der Waals surface area contributed by atoms with E-state index in [0.29, 0.717) is 5.75 Å². The molecule has 0 atom stereocenters. The lowest BCUT2D eigenvalue weighted by Crippen LogP contribution is -2.25. The second-order valence-electron chi connectivity index (χ2n) is 4.95. The molecule has 0 saturated heterocycles. The molecule has 0 aromatic carbocycles. The van der Waals surface area contributed by atoms with Crippen LogP contribution in [-0.2, 0) is 18.3 Å². The van der Waals surface area contributed by atoms with Crippen LogP contribution in [-0.4, -0.2) is 43.9 Å². The summed E-state index contributed by atoms with van der Waals surface area (Å²) >= 11 is 4.72. The number of nitrogens with zero attached hydrogens (tertiary/aromatic N) is 4. The van der Waals surface area contributed by atoms with Gasteiger partial charge in [0.15, 0.2) is 8.68 Å². The smallest absolute Gasteiger partial charge is 0.230 e. The molecule has 2 heterocycles. The van der Waals surface area contributed by atoms with Crippen LogP contribution in [0.15, 0.2) is 21.1 Å². The van der Waals surface area contributed by atoms with E-state index < -0.39 is 0 Å². The minimum Gasteiger partial charge on any atom is -0.355 e. The van der Waals surface area contributed by atoms with Gasteiger partial charge in [0.25, 0.3) is 0 Å². The lowest BCUT2D eigenvalue weighted by Gasteiger charge is -2.00. The van der Waals surface area contributed by atoms with Crippen molar-refractivity contribution in [3.63, 3.8) is 0 Å². The second-order valence-corrected chi connectivity index (χ2v) is 8.49. The summed E-state index contributed by atoms with van der Waals surface area (Å²) in [5.74, 6) is 1.46. The Morgan fingerprint density at radius 1 is 1.35 bits per heavy atom. The highest BCUT2D eigenvalue weighted by Crippen LogP contribution is 2.29. The summed E-state index contributed by atoms with van der Waals surface area (Å²) in [4.78, 5) is 11.5. The van der Waals surface area contributed by atoms with Crippen LogP contribution >= 0.6 is 34.9 Å². The molecule has 0 spiro atoms. The van der Waals surface area contributed by atoms with Crippen molar-refractivity contribution < 1.29 is 4.79 Å². The van der Waals surface area contributed by atoms with Gasteiger partial charge in [-0.1, -0.05) is 41.8 Å². The van der Waals surface area contributed by atoms with Gasteiger partial charge in [-0.2, -0.15) is 5.10 Å². The van der Waals surface area contributed by atoms with E-state index >= 15 is 0 Å². The Morgan fingerprint density at radius 3 is 2.83 bits per heavy atom. The van der Waals surface area contributed by atoms with Gasteiger partial charge >= 0.3 is 0 Å². The summed E-state index contributed by atoms with van der Waals surface area (Å²) in [6.45, 7) is 2.77. The minimum absolute atomic E-state index is 0.0534. The van der Waals surface area contributed by atoms with Crippen LogP contribution in [0, 0.1) is 0 Å². The number of carbonyl (C=O) groups is 1. The number of aryl methyl sites for hydroxylation is 2. The maximum atomic E-state index is 11.5. The summed E-state index contributed by atoms with van der Waals surface area (Å²) in [6, 6.07) is 0. The molecule has 0 unspecified atom stereocenters. The number of nitrogens with one attached hydrogen (secondary N) is 1. The quantitative estimate of drug-likeness (QED) is 0.511. The minimum atomic E-state index is 0.0534. The molecule has 0 radical (unpaired) electrons. The van der Waals surface area contributed by atoms with Crippen LogP contribution in [0.5, 0.6) is 0 Å². The lowest BCUT2D eigenvalue weighted by molar-refractivity contribution is -0.118. The summed E-state index contributed by atoms with van der Waals surface area (Å²) < 4.78 is 3.65. The Kier molecular flexibility index (Phi) is 7.90. The topological polar surface area (TPSA) is 72.7 Å². The first-order valence-corrected chi connectivity index (χ1v) is 10.3. The zero-order valence-corrected chi connectivity index (χ0v) is 15.8. The second kappa shape index (κ2) is 9.94. The molecule has 0 aliphatic heterocycles. The molecule has 126 valence electrons. The Bertz CT molecular complexity index is 613. The molecule has 1 amide bonds. The fourth-order valence-corrected chi connectivity index (χ4v) is 4.65. The molecule has 0 fully saturated rings. The maximum absolute atomic E-state index is 11.5. The fraction of sp³-hybridized carbons (Fsp3) is 0.571. The first-order chi connectivity index (χ1) is 11.2. The van der Waals surface area contributed by atoms with Crippen LogP contribution < -0.4 is 5.32 Å². The zero-order valence-electron chi connectivity index (χ0n) is 13.3. The molecule has 2 rings (SSSR count). The molecule has 0 aliphatic carbocycles. The maximum Gasteiger partial charge on any atom is 0.230 e. The number of aromatic nitrogens is 4. The van der Waals surface area contributed by atoms with Gasteiger partial charge in [0.05, 0.1) is 11.9 Å². The van der Waals surface area contributed by atoms with Gasteiger partial charge in [0.1, 0.15) is 0 Å². The normalized spacial score (nSPS) is 10.9. The summed E-state index contributed by atoms with van der Waals surface area (Å²) in [7, 11) is 1.93. The fourth-order valence-electron chi connectivity index (χ4n) is 1.79. The van der Waals surface area contributed by atoms with E-state index in [-0.39, 0.29) is 5.91 Å². The first-order valence-electron chi connectivity index (χ1n) is 7.50. The van der Waals surface area contributed by atoms with Crippen molar-refractivity contribution in [3.8, 4) is 0 Å². The number of amides is 1. The van der Waals surface area contributed by atoms with E-state index in [2.05, 4.69) is 20.6 Å². The highest BCUT2D eigenvalue weighted by Gasteiger charge is 2.08. The molecule has 9 heteroatoms. The lowest BCUT2D eigenvalue weighted by atomic mass is 10.2. The highest BCUT2D eigenvalue weighted by molar-refractivity contribution is 8.03. The van der Waals surface area contributed by atoms with Crippen molar-refractivity contribution in [2.45, 2.75) is 34.9 Å². The van der Waals surface area contributed by atoms with E-state index in [9.17, 15) is 4.79 Å². The van der Waals surface area contributed by atoms with Gasteiger partial charge in [-0.3, -0.25) is 9.48 Å². The third kappa shape index (κ3) is 6.92. The molecule has 2 aromatic heterocycles. The molecular formula is C14H21N5OS3. The number of hydrogen-bond donors (Lipinski definition) is 1. The molecule has 6 nitrogen and oxygen atoms in total. The van der Waals surface area contributed by atoms with E-state index in [1.54, 1.807) is 23.1 Å². The molecule has 0 bridgehead atoms. The van der Waals surface area contributed by atoms with Crippen molar-refractivity contribution in [1.82, 2.24) is 25.3 Å². The predicted molar refractivity (Wildman–Crippen MR) is 96.2 cm³/mol. The molecule has 23 heavy (non-hydrogen) atoms.